The highest BCUT2D eigenvalue weighted by atomic mass is 28.3. The number of benzene rings is 3. The molecule has 3 aromatic rings. The molecule has 2 saturated heterocycles. The first kappa shape index (κ1) is 21.3. The summed E-state index contributed by atoms with van der Waals surface area (Å²) in [5.74, 6) is -2.32. The van der Waals surface area contributed by atoms with Gasteiger partial charge in [0.15, 0.2) is 8.07 Å². The Morgan fingerprint density at radius 3 is 1.52 bits per heavy atom. The molecular weight excluding hydrogens is 428 g/mol. The Labute approximate surface area is 194 Å². The fourth-order valence-electron chi connectivity index (χ4n) is 5.05. The summed E-state index contributed by atoms with van der Waals surface area (Å²) in [5, 5.41) is 3.66. The zero-order valence-electron chi connectivity index (χ0n) is 18.0. The number of carbonyl (C=O) groups is 2. The first-order valence-corrected chi connectivity index (χ1v) is 13.1. The van der Waals surface area contributed by atoms with Crippen LogP contribution < -0.4 is 15.6 Å². The lowest BCUT2D eigenvalue weighted by Crippen LogP contribution is -2.66. The van der Waals surface area contributed by atoms with Crippen LogP contribution in [0.3, 0.4) is 0 Å². The van der Waals surface area contributed by atoms with Crippen LogP contribution in [0.1, 0.15) is 0 Å². The van der Waals surface area contributed by atoms with Crippen LogP contribution in [-0.2, 0) is 19.1 Å². The molecule has 5 rings (SSSR count). The molecule has 33 heavy (non-hydrogen) atoms. The van der Waals surface area contributed by atoms with Crippen LogP contribution in [0.2, 0.25) is 0 Å². The van der Waals surface area contributed by atoms with Gasteiger partial charge in [0.2, 0.25) is 0 Å². The van der Waals surface area contributed by atoms with Crippen LogP contribution in [0.5, 0.6) is 0 Å². The van der Waals surface area contributed by atoms with Crippen LogP contribution in [-0.4, -0.2) is 32.2 Å². The number of fused-ring (bicyclic) bond motifs is 1. The zero-order chi connectivity index (χ0) is 22.8. The minimum atomic E-state index is -2.63. The van der Waals surface area contributed by atoms with Gasteiger partial charge in [-0.25, -0.2) is 0 Å². The lowest BCUT2D eigenvalue weighted by Gasteiger charge is -2.31. The van der Waals surface area contributed by atoms with E-state index in [9.17, 15) is 9.59 Å². The molecule has 0 bridgehead atoms. The number of rotatable bonds is 6. The molecule has 0 amide bonds. The van der Waals surface area contributed by atoms with E-state index in [2.05, 4.69) is 85.1 Å². The summed E-state index contributed by atoms with van der Waals surface area (Å²) in [4.78, 5) is 24.8. The summed E-state index contributed by atoms with van der Waals surface area (Å²) in [6.45, 7) is 3.79. The Kier molecular flexibility index (Phi) is 5.66. The van der Waals surface area contributed by atoms with Crippen LogP contribution in [0.15, 0.2) is 115 Å². The third-order valence-electron chi connectivity index (χ3n) is 6.61. The second-order valence-electron chi connectivity index (χ2n) is 8.36. The highest BCUT2D eigenvalue weighted by Gasteiger charge is 2.57. The van der Waals surface area contributed by atoms with Crippen molar-refractivity contribution in [1.82, 2.24) is 0 Å². The van der Waals surface area contributed by atoms with Crippen LogP contribution in [0.4, 0.5) is 0 Å². The normalized spacial score (nSPS) is 24.6. The minimum Gasteiger partial charge on any atom is -0.393 e. The number of carbonyl (C=O) groups excluding carboxylic acids is 2. The lowest BCUT2D eigenvalue weighted by molar-refractivity contribution is -0.156. The van der Waals surface area contributed by atoms with E-state index >= 15 is 0 Å². The zero-order valence-corrected chi connectivity index (χ0v) is 19.0. The molecule has 4 unspecified atom stereocenters. The summed E-state index contributed by atoms with van der Waals surface area (Å²) < 4.78 is 11.1. The molecule has 0 aromatic heterocycles. The average molecular weight is 453 g/mol. The van der Waals surface area contributed by atoms with Crippen molar-refractivity contribution >= 4 is 35.6 Å². The minimum absolute atomic E-state index is 0.518. The molecule has 5 heteroatoms. The Bertz CT molecular complexity index is 1090. The van der Waals surface area contributed by atoms with Gasteiger partial charge < -0.3 is 9.47 Å². The van der Waals surface area contributed by atoms with E-state index in [4.69, 9.17) is 9.47 Å². The summed E-state index contributed by atoms with van der Waals surface area (Å²) in [6, 6.07) is 31.3. The predicted molar refractivity (Wildman–Crippen MR) is 130 cm³/mol. The van der Waals surface area contributed by atoms with E-state index in [0.29, 0.717) is 0 Å². The van der Waals surface area contributed by atoms with Crippen molar-refractivity contribution in [1.29, 1.82) is 0 Å². The number of esters is 2. The van der Waals surface area contributed by atoms with Gasteiger partial charge in [-0.1, -0.05) is 109 Å². The summed E-state index contributed by atoms with van der Waals surface area (Å²) >= 11 is 0. The molecule has 2 fully saturated rings. The van der Waals surface area contributed by atoms with Crippen molar-refractivity contribution in [3.8, 4) is 0 Å². The van der Waals surface area contributed by atoms with E-state index in [0.717, 1.165) is 0 Å². The maximum absolute atomic E-state index is 12.5. The third-order valence-corrected chi connectivity index (χ3v) is 11.0. The molecule has 4 atom stereocenters. The lowest BCUT2D eigenvalue weighted by atomic mass is 9.89. The highest BCUT2D eigenvalue weighted by Crippen LogP contribution is 2.40. The van der Waals surface area contributed by atoms with Gasteiger partial charge in [-0.3, -0.25) is 9.59 Å². The smallest absolute Gasteiger partial charge is 0.320 e. The Hall–Kier alpha value is -3.54. The van der Waals surface area contributed by atoms with Crippen molar-refractivity contribution in [3.63, 3.8) is 0 Å². The van der Waals surface area contributed by atoms with Gasteiger partial charge in [0.1, 0.15) is 11.8 Å². The van der Waals surface area contributed by atoms with Crippen LogP contribution >= 0.6 is 0 Å². The molecule has 0 radical (unpaired) electrons. The van der Waals surface area contributed by atoms with Gasteiger partial charge in [-0.2, -0.15) is 0 Å². The number of cyclic esters (lactones) is 2. The van der Waals surface area contributed by atoms with Gasteiger partial charge in [0, 0.05) is 0 Å². The maximum atomic E-state index is 12.5. The molecule has 2 heterocycles. The molecule has 2 aliphatic rings. The quantitative estimate of drug-likeness (QED) is 0.190. The maximum Gasteiger partial charge on any atom is 0.320 e. The van der Waals surface area contributed by atoms with Crippen molar-refractivity contribution < 1.29 is 19.1 Å². The van der Waals surface area contributed by atoms with Crippen molar-refractivity contribution in [2.75, 3.05) is 0 Å². The Morgan fingerprint density at radius 2 is 1.09 bits per heavy atom. The van der Waals surface area contributed by atoms with E-state index in [1.165, 1.54) is 15.6 Å². The second-order valence-corrected chi connectivity index (χ2v) is 12.0. The molecule has 2 aliphatic heterocycles. The van der Waals surface area contributed by atoms with Crippen molar-refractivity contribution in [3.05, 3.63) is 115 Å². The van der Waals surface area contributed by atoms with Gasteiger partial charge in [0.25, 0.3) is 0 Å². The predicted octanol–water partition coefficient (Wildman–Crippen LogP) is 2.52. The molecular formula is C28H24O4Si. The van der Waals surface area contributed by atoms with E-state index in [1.54, 1.807) is 6.08 Å². The molecule has 0 N–H and O–H groups in total. The van der Waals surface area contributed by atoms with Gasteiger partial charge in [0.05, 0.1) is 12.2 Å². The molecule has 4 nitrogen and oxygen atoms in total. The fraction of sp³-hybridized carbons (Fsp3) is 0.143. The number of hydrogen-bond acceptors (Lipinski definition) is 4. The third kappa shape index (κ3) is 3.59. The van der Waals surface area contributed by atoms with E-state index in [-0.39, 0.29) is 0 Å². The van der Waals surface area contributed by atoms with Gasteiger partial charge >= 0.3 is 11.9 Å². The Balaban J connectivity index is 1.67. The fourth-order valence-corrected chi connectivity index (χ4v) is 9.26. The summed E-state index contributed by atoms with van der Waals surface area (Å²) in [6.07, 6.45) is 2.46. The largest absolute Gasteiger partial charge is 0.393 e. The molecule has 0 aliphatic carbocycles. The van der Waals surface area contributed by atoms with Crippen molar-refractivity contribution in [2.45, 2.75) is 12.2 Å². The number of ether oxygens (including phenoxy) is 2. The van der Waals surface area contributed by atoms with Gasteiger partial charge in [-0.15, -0.1) is 6.58 Å². The van der Waals surface area contributed by atoms with Crippen LogP contribution in [0.25, 0.3) is 0 Å². The summed E-state index contributed by atoms with van der Waals surface area (Å²) in [7, 11) is -2.63. The van der Waals surface area contributed by atoms with E-state index in [1.807, 2.05) is 24.3 Å². The summed E-state index contributed by atoms with van der Waals surface area (Å²) in [5.41, 5.74) is 2.23. The van der Waals surface area contributed by atoms with E-state index < -0.39 is 44.1 Å². The van der Waals surface area contributed by atoms with Gasteiger partial charge in [-0.05, 0) is 15.6 Å². The molecule has 3 aromatic carbocycles. The monoisotopic (exact) mass is 452 g/mol. The van der Waals surface area contributed by atoms with Crippen LogP contribution in [0, 0.1) is 11.8 Å². The second kappa shape index (κ2) is 8.77. The van der Waals surface area contributed by atoms with Crippen molar-refractivity contribution in [2.24, 2.45) is 11.8 Å². The highest BCUT2D eigenvalue weighted by molar-refractivity contribution is 7.14. The SMILES string of the molecule is C=CC1OC(/C=C/[Si](c2ccccc2)(c2ccccc2)c2ccccc2)C2C(=O)OC(=O)C12. The standard InChI is InChI=1S/C28H24O4Si/c1-2-23-25-26(28(30)32-27(25)29)24(31-23)18-19-33(20-12-6-3-7-13-20,21-14-8-4-9-15-21)22-16-10-5-11-17-22/h2-19,23-26H,1H2/b19-18+. The molecule has 0 saturated carbocycles. The molecule has 0 spiro atoms. The Morgan fingerprint density at radius 1 is 0.667 bits per heavy atom. The first-order chi connectivity index (χ1) is 16.1. The topological polar surface area (TPSA) is 52.6 Å². The number of hydrogen-bond donors (Lipinski definition) is 0. The average Bonchev–Trinajstić information content (AvgIpc) is 3.39. The molecule has 164 valence electrons. The first-order valence-electron chi connectivity index (χ1n) is 11.0.